The lowest BCUT2D eigenvalue weighted by Crippen LogP contribution is -2.76. The number of benzene rings is 2. The third kappa shape index (κ3) is 4.24. The molecule has 4 unspecified atom stereocenters. The van der Waals surface area contributed by atoms with Crippen molar-refractivity contribution in [1.82, 2.24) is 4.98 Å². The molecule has 0 amide bonds. The third-order valence-electron chi connectivity index (χ3n) is 7.01. The predicted octanol–water partition coefficient (Wildman–Crippen LogP) is 4.90. The minimum atomic E-state index is -2.45. The van der Waals surface area contributed by atoms with E-state index < -0.39 is 8.24 Å². The SMILES string of the molecule is COC1CC2C=CC=CC2C1[Si](NC(C)(C)C)(c1ccc(C)cc1)c1ccc(C)cc1. The molecule has 1 N–H and O–H groups in total. The van der Waals surface area contributed by atoms with E-state index in [0.29, 0.717) is 17.4 Å². The van der Waals surface area contributed by atoms with Gasteiger partial charge in [-0.05, 0) is 63.2 Å². The summed E-state index contributed by atoms with van der Waals surface area (Å²) in [5, 5.41) is 2.90. The number of rotatable bonds is 5. The zero-order chi connectivity index (χ0) is 22.2. The van der Waals surface area contributed by atoms with Crippen LogP contribution in [0.5, 0.6) is 0 Å². The average molecular weight is 432 g/mol. The molecule has 0 spiro atoms. The van der Waals surface area contributed by atoms with E-state index in [0.717, 1.165) is 6.42 Å². The highest BCUT2D eigenvalue weighted by Gasteiger charge is 2.57. The molecular weight excluding hydrogens is 394 g/mol. The van der Waals surface area contributed by atoms with E-state index >= 15 is 0 Å². The standard InChI is InChI=1S/C28H37NOSi/c1-20-11-15-23(16-12-20)31(29-28(3,4)5,24-17-13-21(2)14-18-24)27-25-10-8-7-9-22(25)19-26(27)30-6/h7-18,22,25-27,29H,19H2,1-6H3. The smallest absolute Gasteiger partial charge is 0.196 e. The summed E-state index contributed by atoms with van der Waals surface area (Å²) in [7, 11) is -0.543. The lowest BCUT2D eigenvalue weighted by atomic mass is 9.92. The van der Waals surface area contributed by atoms with Crippen LogP contribution >= 0.6 is 0 Å². The summed E-state index contributed by atoms with van der Waals surface area (Å²) >= 11 is 0. The highest BCUT2D eigenvalue weighted by Crippen LogP contribution is 2.50. The van der Waals surface area contributed by atoms with Gasteiger partial charge in [0.15, 0.2) is 8.24 Å². The summed E-state index contributed by atoms with van der Waals surface area (Å²) in [4.78, 5) is 4.28. The molecule has 0 saturated heterocycles. The molecule has 2 aromatic carbocycles. The van der Waals surface area contributed by atoms with E-state index in [1.807, 2.05) is 7.11 Å². The van der Waals surface area contributed by atoms with Crippen molar-refractivity contribution >= 4 is 18.6 Å². The molecule has 2 aliphatic carbocycles. The van der Waals surface area contributed by atoms with Crippen molar-refractivity contribution in [3.8, 4) is 0 Å². The van der Waals surface area contributed by atoms with Crippen LogP contribution in [0.4, 0.5) is 0 Å². The fourth-order valence-corrected chi connectivity index (χ4v) is 11.7. The van der Waals surface area contributed by atoms with Gasteiger partial charge >= 0.3 is 0 Å². The Morgan fingerprint density at radius 2 is 1.35 bits per heavy atom. The second-order valence-corrected chi connectivity index (χ2v) is 14.1. The van der Waals surface area contributed by atoms with Crippen molar-refractivity contribution in [2.24, 2.45) is 11.8 Å². The number of nitrogens with one attached hydrogen (secondary N) is 1. The van der Waals surface area contributed by atoms with Crippen molar-refractivity contribution in [3.63, 3.8) is 0 Å². The second kappa shape index (κ2) is 8.53. The van der Waals surface area contributed by atoms with Crippen molar-refractivity contribution < 1.29 is 4.74 Å². The first-order valence-electron chi connectivity index (χ1n) is 11.6. The molecular formula is C28H37NOSi. The number of aryl methyl sites for hydroxylation is 2. The first-order valence-corrected chi connectivity index (χ1v) is 13.6. The van der Waals surface area contributed by atoms with Crippen molar-refractivity contribution in [1.29, 1.82) is 0 Å². The van der Waals surface area contributed by atoms with E-state index in [1.54, 1.807) is 0 Å². The van der Waals surface area contributed by atoms with Crippen LogP contribution in [0.2, 0.25) is 5.54 Å². The predicted molar refractivity (Wildman–Crippen MR) is 135 cm³/mol. The van der Waals surface area contributed by atoms with E-state index in [2.05, 4.69) is 112 Å². The van der Waals surface area contributed by atoms with Gasteiger partial charge in [-0.2, -0.15) is 0 Å². The maximum absolute atomic E-state index is 6.25. The van der Waals surface area contributed by atoms with Crippen molar-refractivity contribution in [2.75, 3.05) is 7.11 Å². The van der Waals surface area contributed by atoms with Crippen molar-refractivity contribution in [2.45, 2.75) is 58.2 Å². The minimum absolute atomic E-state index is 0.0212. The van der Waals surface area contributed by atoms with Crippen LogP contribution in [0.25, 0.3) is 0 Å². The zero-order valence-electron chi connectivity index (χ0n) is 19.9. The topological polar surface area (TPSA) is 21.3 Å². The van der Waals surface area contributed by atoms with Gasteiger partial charge in [0, 0.05) is 18.2 Å². The van der Waals surface area contributed by atoms with Crippen LogP contribution in [0, 0.1) is 25.7 Å². The van der Waals surface area contributed by atoms with Gasteiger partial charge in [0.1, 0.15) is 0 Å². The summed E-state index contributed by atoms with van der Waals surface area (Å²) in [5.41, 5.74) is 3.00. The lowest BCUT2D eigenvalue weighted by Gasteiger charge is -2.47. The molecule has 31 heavy (non-hydrogen) atoms. The van der Waals surface area contributed by atoms with Crippen LogP contribution in [0.15, 0.2) is 72.8 Å². The highest BCUT2D eigenvalue weighted by molar-refractivity contribution is 7.01. The van der Waals surface area contributed by atoms with Gasteiger partial charge in [-0.15, -0.1) is 0 Å². The molecule has 3 heteroatoms. The fourth-order valence-electron chi connectivity index (χ4n) is 5.77. The van der Waals surface area contributed by atoms with Crippen LogP contribution < -0.4 is 15.4 Å². The molecule has 0 aliphatic heterocycles. The quantitative estimate of drug-likeness (QED) is 0.680. The van der Waals surface area contributed by atoms with Crippen LogP contribution in [0.3, 0.4) is 0 Å². The Hall–Kier alpha value is -1.94. The van der Waals surface area contributed by atoms with Crippen LogP contribution in [-0.2, 0) is 4.74 Å². The van der Waals surface area contributed by atoms with E-state index in [4.69, 9.17) is 4.74 Å². The maximum Gasteiger partial charge on any atom is 0.196 e. The Bertz CT molecular complexity index is 907. The van der Waals surface area contributed by atoms with Gasteiger partial charge in [0.05, 0.1) is 6.10 Å². The Labute approximate surface area is 189 Å². The van der Waals surface area contributed by atoms with E-state index in [9.17, 15) is 0 Å². The Balaban J connectivity index is 2.00. The van der Waals surface area contributed by atoms with Crippen molar-refractivity contribution in [3.05, 3.63) is 84.0 Å². The molecule has 0 bridgehead atoms. The first kappa shape index (κ1) is 22.3. The monoisotopic (exact) mass is 431 g/mol. The van der Waals surface area contributed by atoms with Crippen LogP contribution in [0.1, 0.15) is 38.3 Å². The fraction of sp³-hybridized carbons (Fsp3) is 0.429. The third-order valence-corrected chi connectivity index (χ3v) is 12.4. The number of allylic oxidation sites excluding steroid dienone is 4. The molecule has 1 fully saturated rings. The normalized spacial score (nSPS) is 25.6. The van der Waals surface area contributed by atoms with Gasteiger partial charge in [-0.25, -0.2) is 0 Å². The molecule has 164 valence electrons. The first-order chi connectivity index (χ1) is 14.7. The van der Waals surface area contributed by atoms with Gasteiger partial charge in [-0.1, -0.05) is 84.0 Å². The summed E-state index contributed by atoms with van der Waals surface area (Å²) in [6, 6.07) is 18.6. The molecule has 0 aromatic heterocycles. The molecule has 4 atom stereocenters. The maximum atomic E-state index is 6.25. The molecule has 0 radical (unpaired) electrons. The number of fused-ring (bicyclic) bond motifs is 1. The van der Waals surface area contributed by atoms with E-state index in [-0.39, 0.29) is 11.6 Å². The van der Waals surface area contributed by atoms with Gasteiger partial charge in [0.2, 0.25) is 0 Å². The number of ether oxygens (including phenoxy) is 1. The number of hydrogen-bond donors (Lipinski definition) is 1. The number of hydrogen-bond acceptors (Lipinski definition) is 2. The van der Waals surface area contributed by atoms with Gasteiger partial charge in [-0.3, -0.25) is 0 Å². The summed E-state index contributed by atoms with van der Waals surface area (Å²) in [6.07, 6.45) is 10.6. The molecule has 1 saturated carbocycles. The Kier molecular flexibility index (Phi) is 6.13. The van der Waals surface area contributed by atoms with Gasteiger partial charge < -0.3 is 9.72 Å². The molecule has 2 nitrogen and oxygen atoms in total. The van der Waals surface area contributed by atoms with Crippen LogP contribution in [-0.4, -0.2) is 27.0 Å². The van der Waals surface area contributed by atoms with Gasteiger partial charge in [0.25, 0.3) is 0 Å². The minimum Gasteiger partial charge on any atom is -0.381 e. The Morgan fingerprint density at radius 3 is 1.84 bits per heavy atom. The largest absolute Gasteiger partial charge is 0.381 e. The van der Waals surface area contributed by atoms with E-state index in [1.165, 1.54) is 21.5 Å². The second-order valence-electron chi connectivity index (χ2n) is 10.5. The lowest BCUT2D eigenvalue weighted by molar-refractivity contribution is 0.103. The zero-order valence-corrected chi connectivity index (χ0v) is 20.9. The molecule has 4 rings (SSSR count). The summed E-state index contributed by atoms with van der Waals surface area (Å²) in [5.74, 6) is 1.03. The molecule has 0 heterocycles. The average Bonchev–Trinajstić information content (AvgIpc) is 3.12. The highest BCUT2D eigenvalue weighted by atomic mass is 28.3. The Morgan fingerprint density at radius 1 is 0.839 bits per heavy atom. The molecule has 2 aromatic rings. The molecule has 2 aliphatic rings. The number of methoxy groups -OCH3 is 1. The summed E-state index contributed by atoms with van der Waals surface area (Å²) in [6.45, 7) is 11.3. The summed E-state index contributed by atoms with van der Waals surface area (Å²) < 4.78 is 6.25.